The second-order valence-corrected chi connectivity index (χ2v) is 3.40. The molecule has 5 heteroatoms. The van der Waals surface area contributed by atoms with Crippen molar-refractivity contribution in [3.8, 4) is 0 Å². The molecule has 76 valence electrons. The topological polar surface area (TPSA) is 26.3 Å². The molecule has 0 N–H and O–H groups in total. The number of thiol groups is 1. The molecule has 0 radical (unpaired) electrons. The first-order chi connectivity index (χ1) is 6.56. The van der Waals surface area contributed by atoms with Gasteiger partial charge in [-0.05, 0) is 19.1 Å². The predicted octanol–water partition coefficient (Wildman–Crippen LogP) is 2.94. The Morgan fingerprint density at radius 2 is 2.29 bits per heavy atom. The van der Waals surface area contributed by atoms with Crippen molar-refractivity contribution in [1.29, 1.82) is 0 Å². The molecule has 0 unspecified atom stereocenters. The molecular weight excluding hydrogens is 227 g/mol. The lowest BCUT2D eigenvalue weighted by molar-refractivity contribution is 0.0525. The lowest BCUT2D eigenvalue weighted by atomic mass is 10.2. The van der Waals surface area contributed by atoms with Crippen LogP contribution in [0.1, 0.15) is 17.3 Å². The zero-order chi connectivity index (χ0) is 10.7. The Bertz CT molecular complexity index is 368. The largest absolute Gasteiger partial charge is 0.462 e. The van der Waals surface area contributed by atoms with Crippen LogP contribution >= 0.6 is 24.2 Å². The number of esters is 1. The standard InChI is InChI=1S/C9H8ClFO2S/c1-2-13-9(12)6-3-5(14)4-7(11)8(6)10/h3-4,14H,2H2,1H3. The maximum Gasteiger partial charge on any atom is 0.339 e. The quantitative estimate of drug-likeness (QED) is 0.629. The Hall–Kier alpha value is -0.740. The van der Waals surface area contributed by atoms with Crippen molar-refractivity contribution < 1.29 is 13.9 Å². The maximum atomic E-state index is 13.1. The van der Waals surface area contributed by atoms with Crippen LogP contribution in [0.15, 0.2) is 17.0 Å². The molecule has 0 heterocycles. The van der Waals surface area contributed by atoms with E-state index in [2.05, 4.69) is 12.6 Å². The fourth-order valence-electron chi connectivity index (χ4n) is 0.932. The minimum Gasteiger partial charge on any atom is -0.462 e. The first-order valence-corrected chi connectivity index (χ1v) is 4.74. The van der Waals surface area contributed by atoms with E-state index in [0.29, 0.717) is 4.90 Å². The summed E-state index contributed by atoms with van der Waals surface area (Å²) >= 11 is 9.51. The van der Waals surface area contributed by atoms with E-state index in [-0.39, 0.29) is 17.2 Å². The highest BCUT2D eigenvalue weighted by molar-refractivity contribution is 7.80. The van der Waals surface area contributed by atoms with E-state index >= 15 is 0 Å². The predicted molar refractivity (Wildman–Crippen MR) is 54.6 cm³/mol. The van der Waals surface area contributed by atoms with Gasteiger partial charge in [-0.3, -0.25) is 0 Å². The average molecular weight is 235 g/mol. The number of hydrogen-bond acceptors (Lipinski definition) is 3. The third-order valence-electron chi connectivity index (χ3n) is 1.51. The first-order valence-electron chi connectivity index (χ1n) is 3.91. The fourth-order valence-corrected chi connectivity index (χ4v) is 1.36. The summed E-state index contributed by atoms with van der Waals surface area (Å²) in [5.74, 6) is -1.32. The molecule has 0 aliphatic heterocycles. The summed E-state index contributed by atoms with van der Waals surface area (Å²) in [6.07, 6.45) is 0. The molecule has 0 aliphatic rings. The summed E-state index contributed by atoms with van der Waals surface area (Å²) in [5.41, 5.74) is -0.00137. The highest BCUT2D eigenvalue weighted by atomic mass is 35.5. The molecule has 0 aromatic heterocycles. The minimum atomic E-state index is -0.679. The van der Waals surface area contributed by atoms with Crippen molar-refractivity contribution in [1.82, 2.24) is 0 Å². The van der Waals surface area contributed by atoms with Crippen LogP contribution in [0.2, 0.25) is 5.02 Å². The fraction of sp³-hybridized carbons (Fsp3) is 0.222. The van der Waals surface area contributed by atoms with Gasteiger partial charge in [-0.2, -0.15) is 0 Å². The van der Waals surface area contributed by atoms with Crippen molar-refractivity contribution in [3.05, 3.63) is 28.5 Å². The highest BCUT2D eigenvalue weighted by Crippen LogP contribution is 2.24. The lowest BCUT2D eigenvalue weighted by Crippen LogP contribution is -2.06. The molecule has 0 aliphatic carbocycles. The van der Waals surface area contributed by atoms with Gasteiger partial charge in [0.1, 0.15) is 5.82 Å². The number of ether oxygens (including phenoxy) is 1. The molecule has 14 heavy (non-hydrogen) atoms. The Morgan fingerprint density at radius 3 is 2.86 bits per heavy atom. The van der Waals surface area contributed by atoms with E-state index in [1.54, 1.807) is 6.92 Å². The Kier molecular flexibility index (Phi) is 3.77. The molecule has 1 aromatic rings. The molecule has 0 atom stereocenters. The first kappa shape index (κ1) is 11.3. The van der Waals surface area contributed by atoms with Gasteiger partial charge in [0.05, 0.1) is 17.2 Å². The third kappa shape index (κ3) is 2.39. The minimum absolute atomic E-state index is 0.00137. The molecule has 0 saturated carbocycles. The van der Waals surface area contributed by atoms with Crippen LogP contribution in [0.5, 0.6) is 0 Å². The number of rotatable bonds is 2. The van der Waals surface area contributed by atoms with E-state index in [0.717, 1.165) is 6.07 Å². The lowest BCUT2D eigenvalue weighted by Gasteiger charge is -2.05. The average Bonchev–Trinajstić information content (AvgIpc) is 2.11. The van der Waals surface area contributed by atoms with Crippen LogP contribution in [-0.2, 0) is 4.74 Å². The molecule has 2 nitrogen and oxygen atoms in total. The number of halogens is 2. The second kappa shape index (κ2) is 4.66. The summed E-state index contributed by atoms with van der Waals surface area (Å²) in [7, 11) is 0. The summed E-state index contributed by atoms with van der Waals surface area (Å²) in [4.78, 5) is 11.6. The van der Waals surface area contributed by atoms with E-state index in [1.165, 1.54) is 6.07 Å². The summed E-state index contributed by atoms with van der Waals surface area (Å²) in [6, 6.07) is 2.50. The smallest absolute Gasteiger partial charge is 0.339 e. The van der Waals surface area contributed by atoms with Crippen LogP contribution in [0.3, 0.4) is 0 Å². The molecule has 0 saturated heterocycles. The van der Waals surface area contributed by atoms with Gasteiger partial charge in [-0.15, -0.1) is 12.6 Å². The normalized spacial score (nSPS) is 10.0. The summed E-state index contributed by atoms with van der Waals surface area (Å²) in [6.45, 7) is 1.88. The summed E-state index contributed by atoms with van der Waals surface area (Å²) < 4.78 is 17.7. The van der Waals surface area contributed by atoms with E-state index < -0.39 is 11.8 Å². The van der Waals surface area contributed by atoms with Crippen molar-refractivity contribution >= 4 is 30.2 Å². The number of hydrogen-bond donors (Lipinski definition) is 1. The van der Waals surface area contributed by atoms with E-state index in [4.69, 9.17) is 16.3 Å². The van der Waals surface area contributed by atoms with Gasteiger partial charge >= 0.3 is 5.97 Å². The van der Waals surface area contributed by atoms with Crippen LogP contribution in [0, 0.1) is 5.82 Å². The van der Waals surface area contributed by atoms with Gasteiger partial charge in [0.15, 0.2) is 0 Å². The third-order valence-corrected chi connectivity index (χ3v) is 2.15. The molecule has 0 amide bonds. The van der Waals surface area contributed by atoms with Crippen molar-refractivity contribution in [2.75, 3.05) is 6.61 Å². The van der Waals surface area contributed by atoms with Crippen molar-refractivity contribution in [3.63, 3.8) is 0 Å². The molecular formula is C9H8ClFO2S. The van der Waals surface area contributed by atoms with Crippen LogP contribution in [-0.4, -0.2) is 12.6 Å². The second-order valence-electron chi connectivity index (χ2n) is 2.51. The zero-order valence-corrected chi connectivity index (χ0v) is 9.03. The Labute approximate surface area is 91.4 Å². The molecule has 0 bridgehead atoms. The zero-order valence-electron chi connectivity index (χ0n) is 7.38. The van der Waals surface area contributed by atoms with Gasteiger partial charge in [-0.1, -0.05) is 11.6 Å². The molecule has 0 fully saturated rings. The van der Waals surface area contributed by atoms with Gasteiger partial charge in [0, 0.05) is 4.90 Å². The van der Waals surface area contributed by atoms with Crippen LogP contribution < -0.4 is 0 Å². The van der Waals surface area contributed by atoms with Gasteiger partial charge < -0.3 is 4.74 Å². The van der Waals surface area contributed by atoms with Crippen LogP contribution in [0.4, 0.5) is 4.39 Å². The number of carbonyl (C=O) groups excluding carboxylic acids is 1. The van der Waals surface area contributed by atoms with E-state index in [9.17, 15) is 9.18 Å². The molecule has 1 aromatic carbocycles. The van der Waals surface area contributed by atoms with Gasteiger partial charge in [-0.25, -0.2) is 9.18 Å². The molecule has 0 spiro atoms. The maximum absolute atomic E-state index is 13.1. The van der Waals surface area contributed by atoms with Gasteiger partial charge in [0.25, 0.3) is 0 Å². The Balaban J connectivity index is 3.13. The number of carbonyl (C=O) groups is 1. The van der Waals surface area contributed by atoms with E-state index in [1.807, 2.05) is 0 Å². The monoisotopic (exact) mass is 234 g/mol. The number of benzene rings is 1. The summed E-state index contributed by atoms with van der Waals surface area (Å²) in [5, 5.41) is -0.235. The highest BCUT2D eigenvalue weighted by Gasteiger charge is 2.15. The van der Waals surface area contributed by atoms with Crippen molar-refractivity contribution in [2.24, 2.45) is 0 Å². The van der Waals surface area contributed by atoms with Crippen LogP contribution in [0.25, 0.3) is 0 Å². The molecule has 1 rings (SSSR count). The Morgan fingerprint density at radius 1 is 1.64 bits per heavy atom. The SMILES string of the molecule is CCOC(=O)c1cc(S)cc(F)c1Cl. The van der Waals surface area contributed by atoms with Gasteiger partial charge in [0.2, 0.25) is 0 Å². The van der Waals surface area contributed by atoms with Crippen molar-refractivity contribution in [2.45, 2.75) is 11.8 Å².